The number of hydrogen-bond donors (Lipinski definition) is 2. The first-order valence-corrected chi connectivity index (χ1v) is 7.78. The SMILES string of the molecule is CC(=O)N(C)c1ccc(NC(=O)[C@@H]2CCCC[C@@H]2C(=O)O)cc1. The van der Waals surface area contributed by atoms with E-state index >= 15 is 0 Å². The number of hydrogen-bond acceptors (Lipinski definition) is 3. The minimum atomic E-state index is -0.900. The number of carbonyl (C=O) groups excluding carboxylic acids is 2. The average molecular weight is 318 g/mol. The van der Waals surface area contributed by atoms with Crippen LogP contribution in [0.5, 0.6) is 0 Å². The lowest BCUT2D eigenvalue weighted by Gasteiger charge is -2.27. The lowest BCUT2D eigenvalue weighted by molar-refractivity contribution is -0.147. The Balaban J connectivity index is 2.04. The van der Waals surface area contributed by atoms with Gasteiger partial charge in [0, 0.05) is 25.3 Å². The van der Waals surface area contributed by atoms with Gasteiger partial charge in [-0.2, -0.15) is 0 Å². The van der Waals surface area contributed by atoms with Gasteiger partial charge in [0.1, 0.15) is 0 Å². The standard InChI is InChI=1S/C17H22N2O4/c1-11(20)19(2)13-9-7-12(8-10-13)18-16(21)14-5-3-4-6-15(14)17(22)23/h7-10,14-15H,3-6H2,1-2H3,(H,18,21)(H,22,23)/t14-,15+/m1/s1. The number of aliphatic carboxylic acids is 1. The molecule has 1 fully saturated rings. The van der Waals surface area contributed by atoms with Crippen LogP contribution in [0.15, 0.2) is 24.3 Å². The third kappa shape index (κ3) is 4.09. The maximum absolute atomic E-state index is 12.4. The van der Waals surface area contributed by atoms with E-state index in [-0.39, 0.29) is 11.8 Å². The third-order valence-electron chi connectivity index (χ3n) is 4.41. The molecular formula is C17H22N2O4. The van der Waals surface area contributed by atoms with Crippen molar-refractivity contribution in [3.05, 3.63) is 24.3 Å². The summed E-state index contributed by atoms with van der Waals surface area (Å²) < 4.78 is 0. The predicted molar refractivity (Wildman–Crippen MR) is 87.2 cm³/mol. The van der Waals surface area contributed by atoms with Gasteiger partial charge in [0.15, 0.2) is 0 Å². The van der Waals surface area contributed by atoms with Crippen molar-refractivity contribution in [1.82, 2.24) is 0 Å². The maximum Gasteiger partial charge on any atom is 0.307 e. The molecule has 0 saturated heterocycles. The van der Waals surface area contributed by atoms with E-state index in [0.29, 0.717) is 18.5 Å². The number of nitrogens with one attached hydrogen (secondary N) is 1. The molecule has 1 saturated carbocycles. The Bertz CT molecular complexity index is 597. The molecule has 124 valence electrons. The summed E-state index contributed by atoms with van der Waals surface area (Å²) in [7, 11) is 1.68. The monoisotopic (exact) mass is 318 g/mol. The fourth-order valence-corrected chi connectivity index (χ4v) is 2.93. The van der Waals surface area contributed by atoms with Crippen LogP contribution in [-0.4, -0.2) is 29.9 Å². The summed E-state index contributed by atoms with van der Waals surface area (Å²) in [4.78, 5) is 36.5. The Morgan fingerprint density at radius 2 is 1.65 bits per heavy atom. The fourth-order valence-electron chi connectivity index (χ4n) is 2.93. The normalized spacial score (nSPS) is 20.6. The molecule has 1 aromatic carbocycles. The number of carboxylic acid groups (broad SMARTS) is 1. The Morgan fingerprint density at radius 1 is 1.09 bits per heavy atom. The van der Waals surface area contributed by atoms with Gasteiger partial charge in [-0.05, 0) is 37.1 Å². The molecule has 2 rings (SSSR count). The number of anilines is 2. The maximum atomic E-state index is 12.4. The van der Waals surface area contributed by atoms with Crippen LogP contribution in [0.3, 0.4) is 0 Å². The van der Waals surface area contributed by atoms with E-state index in [1.807, 2.05) is 0 Å². The summed E-state index contributed by atoms with van der Waals surface area (Å²) in [5.74, 6) is -2.31. The molecule has 0 aliphatic heterocycles. The van der Waals surface area contributed by atoms with Gasteiger partial charge in [-0.1, -0.05) is 12.8 Å². The van der Waals surface area contributed by atoms with E-state index in [0.717, 1.165) is 18.5 Å². The Kier molecular flexibility index (Phi) is 5.36. The lowest BCUT2D eigenvalue weighted by atomic mass is 9.78. The van der Waals surface area contributed by atoms with E-state index < -0.39 is 17.8 Å². The Hall–Kier alpha value is -2.37. The van der Waals surface area contributed by atoms with Gasteiger partial charge in [-0.15, -0.1) is 0 Å². The highest BCUT2D eigenvalue weighted by Gasteiger charge is 2.35. The molecule has 0 unspecified atom stereocenters. The van der Waals surface area contributed by atoms with Crippen molar-refractivity contribution in [1.29, 1.82) is 0 Å². The highest BCUT2D eigenvalue weighted by Crippen LogP contribution is 2.31. The number of rotatable bonds is 4. The molecule has 1 aliphatic rings. The first-order chi connectivity index (χ1) is 10.9. The van der Waals surface area contributed by atoms with Crippen LogP contribution < -0.4 is 10.2 Å². The number of amides is 2. The van der Waals surface area contributed by atoms with E-state index in [1.165, 1.54) is 11.8 Å². The van der Waals surface area contributed by atoms with Crippen LogP contribution in [0.1, 0.15) is 32.6 Å². The summed E-state index contributed by atoms with van der Waals surface area (Å²) >= 11 is 0. The number of carboxylic acids is 1. The summed E-state index contributed by atoms with van der Waals surface area (Å²) in [5, 5.41) is 12.0. The molecule has 0 radical (unpaired) electrons. The number of benzene rings is 1. The van der Waals surface area contributed by atoms with Crippen LogP contribution in [0, 0.1) is 11.8 Å². The fraction of sp³-hybridized carbons (Fsp3) is 0.471. The van der Waals surface area contributed by atoms with Crippen LogP contribution in [-0.2, 0) is 14.4 Å². The van der Waals surface area contributed by atoms with Crippen molar-refractivity contribution in [2.75, 3.05) is 17.3 Å². The lowest BCUT2D eigenvalue weighted by Crippen LogP contribution is -2.36. The van der Waals surface area contributed by atoms with Crippen LogP contribution >= 0.6 is 0 Å². The first-order valence-electron chi connectivity index (χ1n) is 7.78. The van der Waals surface area contributed by atoms with Crippen molar-refractivity contribution < 1.29 is 19.5 Å². The summed E-state index contributed by atoms with van der Waals surface area (Å²) in [6, 6.07) is 6.91. The highest BCUT2D eigenvalue weighted by molar-refractivity contribution is 5.96. The summed E-state index contributed by atoms with van der Waals surface area (Å²) in [5.41, 5.74) is 1.34. The van der Waals surface area contributed by atoms with Crippen molar-refractivity contribution in [2.45, 2.75) is 32.6 Å². The predicted octanol–water partition coefficient (Wildman–Crippen LogP) is 2.50. The van der Waals surface area contributed by atoms with E-state index in [1.54, 1.807) is 31.3 Å². The van der Waals surface area contributed by atoms with Gasteiger partial charge in [0.05, 0.1) is 11.8 Å². The van der Waals surface area contributed by atoms with Gasteiger partial charge in [-0.3, -0.25) is 14.4 Å². The molecule has 0 spiro atoms. The zero-order chi connectivity index (χ0) is 17.0. The third-order valence-corrected chi connectivity index (χ3v) is 4.41. The number of nitrogens with zero attached hydrogens (tertiary/aromatic N) is 1. The zero-order valence-electron chi connectivity index (χ0n) is 13.4. The van der Waals surface area contributed by atoms with Crippen LogP contribution in [0.4, 0.5) is 11.4 Å². The molecule has 0 bridgehead atoms. The molecule has 6 heteroatoms. The smallest absolute Gasteiger partial charge is 0.307 e. The van der Waals surface area contributed by atoms with Gasteiger partial charge < -0.3 is 15.3 Å². The molecule has 6 nitrogen and oxygen atoms in total. The summed E-state index contributed by atoms with van der Waals surface area (Å²) in [6.45, 7) is 1.48. The molecule has 0 heterocycles. The van der Waals surface area contributed by atoms with Crippen molar-refractivity contribution >= 4 is 29.2 Å². The van der Waals surface area contributed by atoms with E-state index in [2.05, 4.69) is 5.32 Å². The van der Waals surface area contributed by atoms with Crippen molar-refractivity contribution in [3.8, 4) is 0 Å². The molecular weight excluding hydrogens is 296 g/mol. The minimum Gasteiger partial charge on any atom is -0.481 e. The largest absolute Gasteiger partial charge is 0.481 e. The Morgan fingerprint density at radius 3 is 2.17 bits per heavy atom. The van der Waals surface area contributed by atoms with E-state index in [4.69, 9.17) is 0 Å². The number of carbonyl (C=O) groups is 3. The van der Waals surface area contributed by atoms with Crippen LogP contribution in [0.25, 0.3) is 0 Å². The molecule has 2 atom stereocenters. The van der Waals surface area contributed by atoms with Gasteiger partial charge >= 0.3 is 5.97 Å². The quantitative estimate of drug-likeness (QED) is 0.893. The van der Waals surface area contributed by atoms with Gasteiger partial charge in [-0.25, -0.2) is 0 Å². The second-order valence-corrected chi connectivity index (χ2v) is 5.95. The molecule has 23 heavy (non-hydrogen) atoms. The summed E-state index contributed by atoms with van der Waals surface area (Å²) in [6.07, 6.45) is 2.89. The molecule has 1 aromatic rings. The molecule has 0 aromatic heterocycles. The highest BCUT2D eigenvalue weighted by atomic mass is 16.4. The Labute approximate surface area is 135 Å². The van der Waals surface area contributed by atoms with Gasteiger partial charge in [0.2, 0.25) is 11.8 Å². The minimum absolute atomic E-state index is 0.0757. The van der Waals surface area contributed by atoms with Crippen LogP contribution in [0.2, 0.25) is 0 Å². The molecule has 2 N–H and O–H groups in total. The average Bonchev–Trinajstić information content (AvgIpc) is 2.54. The second-order valence-electron chi connectivity index (χ2n) is 5.95. The first kappa shape index (κ1) is 17.0. The van der Waals surface area contributed by atoms with Crippen molar-refractivity contribution in [3.63, 3.8) is 0 Å². The van der Waals surface area contributed by atoms with Gasteiger partial charge in [0.25, 0.3) is 0 Å². The zero-order valence-corrected chi connectivity index (χ0v) is 13.4. The molecule has 1 aliphatic carbocycles. The topological polar surface area (TPSA) is 86.7 Å². The second kappa shape index (κ2) is 7.26. The van der Waals surface area contributed by atoms with Crippen molar-refractivity contribution in [2.24, 2.45) is 11.8 Å². The molecule has 2 amide bonds. The van der Waals surface area contributed by atoms with E-state index in [9.17, 15) is 19.5 Å².